The lowest BCUT2D eigenvalue weighted by atomic mass is 9.95. The van der Waals surface area contributed by atoms with Gasteiger partial charge in [0.15, 0.2) is 0 Å². The van der Waals surface area contributed by atoms with E-state index in [4.69, 9.17) is 4.74 Å². The van der Waals surface area contributed by atoms with E-state index < -0.39 is 10.0 Å². The molecule has 3 rings (SSSR count). The number of carbonyl (C=O) groups excluding carboxylic acids is 1. The molecule has 1 N–H and O–H groups in total. The Morgan fingerprint density at radius 2 is 1.71 bits per heavy atom. The zero-order valence-electron chi connectivity index (χ0n) is 16.2. The molecule has 0 unspecified atom stereocenters. The van der Waals surface area contributed by atoms with Crippen LogP contribution in [0.25, 0.3) is 0 Å². The predicted octanol–water partition coefficient (Wildman–Crippen LogP) is 2.83. The van der Waals surface area contributed by atoms with E-state index in [0.29, 0.717) is 31.9 Å². The summed E-state index contributed by atoms with van der Waals surface area (Å²) in [4.78, 5) is 13.0. The second kappa shape index (κ2) is 8.86. The number of nitrogens with zero attached hydrogens (tertiary/aromatic N) is 1. The first-order valence-electron chi connectivity index (χ1n) is 9.43. The summed E-state index contributed by atoms with van der Waals surface area (Å²) in [5.74, 6) is -0.104. The summed E-state index contributed by atoms with van der Waals surface area (Å²) in [6, 6.07) is 15.8. The predicted molar refractivity (Wildman–Crippen MR) is 108 cm³/mol. The summed E-state index contributed by atoms with van der Waals surface area (Å²) in [5.41, 5.74) is 1.35. The zero-order valence-corrected chi connectivity index (χ0v) is 17.0. The lowest BCUT2D eigenvalue weighted by Crippen LogP contribution is -2.40. The maximum absolute atomic E-state index is 12.9. The summed E-state index contributed by atoms with van der Waals surface area (Å²) in [5, 5.41) is 3.04. The van der Waals surface area contributed by atoms with E-state index >= 15 is 0 Å². The number of sulfonamides is 1. The fourth-order valence-corrected chi connectivity index (χ4v) is 4.71. The molecule has 1 saturated heterocycles. The van der Waals surface area contributed by atoms with E-state index in [0.717, 1.165) is 5.56 Å². The molecule has 0 radical (unpaired) electrons. The van der Waals surface area contributed by atoms with Gasteiger partial charge in [0, 0.05) is 18.7 Å². The van der Waals surface area contributed by atoms with Crippen LogP contribution in [0.15, 0.2) is 59.5 Å². The number of ether oxygens (including phenoxy) is 1. The summed E-state index contributed by atoms with van der Waals surface area (Å²) in [6.45, 7) is 5.48. The molecule has 0 aromatic heterocycles. The van der Waals surface area contributed by atoms with Crippen LogP contribution in [-0.4, -0.2) is 44.9 Å². The van der Waals surface area contributed by atoms with Gasteiger partial charge < -0.3 is 10.1 Å². The summed E-state index contributed by atoms with van der Waals surface area (Å²) in [7, 11) is -3.64. The largest absolute Gasteiger partial charge is 0.379 e. The minimum absolute atomic E-state index is 0.128. The summed E-state index contributed by atoms with van der Waals surface area (Å²) >= 11 is 0. The Hall–Kier alpha value is -2.22. The van der Waals surface area contributed by atoms with Gasteiger partial charge in [0.25, 0.3) is 5.91 Å². The molecule has 1 amide bonds. The van der Waals surface area contributed by atoms with Crippen LogP contribution < -0.4 is 5.32 Å². The number of hydrogen-bond donors (Lipinski definition) is 1. The fraction of sp³-hybridized carbons (Fsp3) is 0.381. The van der Waals surface area contributed by atoms with Crippen molar-refractivity contribution in [1.82, 2.24) is 9.62 Å². The third-order valence-electron chi connectivity index (χ3n) is 4.82. The second-order valence-corrected chi connectivity index (χ2v) is 9.09. The first-order chi connectivity index (χ1) is 13.4. The van der Waals surface area contributed by atoms with Crippen LogP contribution in [-0.2, 0) is 14.8 Å². The molecule has 0 saturated carbocycles. The highest BCUT2D eigenvalue weighted by Gasteiger charge is 2.27. The van der Waals surface area contributed by atoms with Gasteiger partial charge in [-0.15, -0.1) is 0 Å². The number of benzene rings is 2. The molecule has 6 nitrogen and oxygen atoms in total. The van der Waals surface area contributed by atoms with Crippen molar-refractivity contribution in [3.8, 4) is 0 Å². The van der Waals surface area contributed by atoms with Gasteiger partial charge in [0.1, 0.15) is 0 Å². The SMILES string of the molecule is CC(C)[C@H](NC(=O)c1cccc(S(=O)(=O)N2CCOCC2)c1)c1ccccc1. The van der Waals surface area contributed by atoms with Crippen molar-refractivity contribution in [1.29, 1.82) is 0 Å². The van der Waals surface area contributed by atoms with E-state index in [-0.39, 0.29) is 22.8 Å². The van der Waals surface area contributed by atoms with Gasteiger partial charge in [-0.1, -0.05) is 50.2 Å². The van der Waals surface area contributed by atoms with Crippen LogP contribution >= 0.6 is 0 Å². The van der Waals surface area contributed by atoms with Crippen molar-refractivity contribution in [3.05, 3.63) is 65.7 Å². The average molecular weight is 403 g/mol. The highest BCUT2D eigenvalue weighted by atomic mass is 32.2. The molecule has 150 valence electrons. The van der Waals surface area contributed by atoms with E-state index in [9.17, 15) is 13.2 Å². The maximum Gasteiger partial charge on any atom is 0.251 e. The topological polar surface area (TPSA) is 75.7 Å². The van der Waals surface area contributed by atoms with Gasteiger partial charge in [0.05, 0.1) is 24.2 Å². The normalized spacial score (nSPS) is 16.7. The van der Waals surface area contributed by atoms with E-state index in [1.54, 1.807) is 12.1 Å². The Balaban J connectivity index is 1.82. The molecule has 0 bridgehead atoms. The first kappa shape index (κ1) is 20.5. The van der Waals surface area contributed by atoms with Crippen LogP contribution in [0.5, 0.6) is 0 Å². The number of hydrogen-bond acceptors (Lipinski definition) is 4. The van der Waals surface area contributed by atoms with Gasteiger partial charge in [-0.05, 0) is 29.7 Å². The standard InChI is InChI=1S/C21H26N2O4S/c1-16(2)20(17-7-4-3-5-8-17)22-21(24)18-9-6-10-19(15-18)28(25,26)23-11-13-27-14-12-23/h3-10,15-16,20H,11-14H2,1-2H3,(H,22,24)/t20-/m0/s1. The van der Waals surface area contributed by atoms with Gasteiger partial charge >= 0.3 is 0 Å². The molecule has 0 spiro atoms. The van der Waals surface area contributed by atoms with Crippen molar-refractivity contribution in [2.75, 3.05) is 26.3 Å². The minimum atomic E-state index is -3.64. The van der Waals surface area contributed by atoms with Gasteiger partial charge in [-0.2, -0.15) is 4.31 Å². The average Bonchev–Trinajstić information content (AvgIpc) is 2.73. The first-order valence-corrected chi connectivity index (χ1v) is 10.9. The van der Waals surface area contributed by atoms with Crippen molar-refractivity contribution >= 4 is 15.9 Å². The molecule has 1 atom stereocenters. The van der Waals surface area contributed by atoms with Crippen LogP contribution in [0.1, 0.15) is 35.8 Å². The van der Waals surface area contributed by atoms with Crippen LogP contribution in [0.3, 0.4) is 0 Å². The van der Waals surface area contributed by atoms with Crippen LogP contribution in [0.2, 0.25) is 0 Å². The van der Waals surface area contributed by atoms with Crippen LogP contribution in [0.4, 0.5) is 0 Å². The molecule has 2 aromatic rings. The minimum Gasteiger partial charge on any atom is -0.379 e. The van der Waals surface area contributed by atoms with Crippen molar-refractivity contribution in [2.24, 2.45) is 5.92 Å². The molecule has 2 aromatic carbocycles. The molecule has 0 aliphatic carbocycles. The van der Waals surface area contributed by atoms with Gasteiger partial charge in [0.2, 0.25) is 10.0 Å². The van der Waals surface area contributed by atoms with E-state index in [2.05, 4.69) is 5.32 Å². The van der Waals surface area contributed by atoms with Crippen molar-refractivity contribution in [3.63, 3.8) is 0 Å². The van der Waals surface area contributed by atoms with Crippen LogP contribution in [0, 0.1) is 5.92 Å². The molecule has 1 heterocycles. The molecule has 7 heteroatoms. The van der Waals surface area contributed by atoms with Crippen molar-refractivity contribution < 1.29 is 17.9 Å². The quantitative estimate of drug-likeness (QED) is 0.806. The third-order valence-corrected chi connectivity index (χ3v) is 6.71. The highest BCUT2D eigenvalue weighted by Crippen LogP contribution is 2.23. The lowest BCUT2D eigenvalue weighted by molar-refractivity contribution is 0.0730. The molecule has 1 aliphatic heterocycles. The Labute approximate surface area is 166 Å². The van der Waals surface area contributed by atoms with E-state index in [1.165, 1.54) is 16.4 Å². The van der Waals surface area contributed by atoms with Gasteiger partial charge in [-0.3, -0.25) is 4.79 Å². The second-order valence-electron chi connectivity index (χ2n) is 7.15. The molecule has 28 heavy (non-hydrogen) atoms. The maximum atomic E-state index is 12.9. The number of morpholine rings is 1. The monoisotopic (exact) mass is 402 g/mol. The summed E-state index contributed by atoms with van der Waals surface area (Å²) < 4.78 is 32.3. The van der Waals surface area contributed by atoms with Crippen molar-refractivity contribution in [2.45, 2.75) is 24.8 Å². The smallest absolute Gasteiger partial charge is 0.251 e. The number of rotatable bonds is 6. The lowest BCUT2D eigenvalue weighted by Gasteiger charge is -2.26. The Kier molecular flexibility index (Phi) is 6.49. The Morgan fingerprint density at radius 1 is 1.04 bits per heavy atom. The number of nitrogens with one attached hydrogen (secondary N) is 1. The molecular formula is C21H26N2O4S. The number of carbonyl (C=O) groups is 1. The third kappa shape index (κ3) is 4.60. The summed E-state index contributed by atoms with van der Waals surface area (Å²) in [6.07, 6.45) is 0. The Morgan fingerprint density at radius 3 is 2.36 bits per heavy atom. The molecule has 1 fully saturated rings. The molecule has 1 aliphatic rings. The zero-order chi connectivity index (χ0) is 20.1. The Bertz CT molecular complexity index is 907. The van der Waals surface area contributed by atoms with Gasteiger partial charge in [-0.25, -0.2) is 8.42 Å². The fourth-order valence-electron chi connectivity index (χ4n) is 3.25. The molecular weight excluding hydrogens is 376 g/mol. The highest BCUT2D eigenvalue weighted by molar-refractivity contribution is 7.89. The van der Waals surface area contributed by atoms with E-state index in [1.807, 2.05) is 44.2 Å². The number of amides is 1.